The summed E-state index contributed by atoms with van der Waals surface area (Å²) in [6.07, 6.45) is 0.452. The van der Waals surface area contributed by atoms with Crippen LogP contribution in [0.5, 0.6) is 5.75 Å². The van der Waals surface area contributed by atoms with Gasteiger partial charge in [0.15, 0.2) is 0 Å². The van der Waals surface area contributed by atoms with Crippen LogP contribution in [0.3, 0.4) is 0 Å². The molecule has 0 aliphatic heterocycles. The lowest BCUT2D eigenvalue weighted by molar-refractivity contribution is -0.142. The molecular weight excluding hydrogens is 470 g/mol. The number of halogens is 1. The summed E-state index contributed by atoms with van der Waals surface area (Å²) >= 11 is 0. The summed E-state index contributed by atoms with van der Waals surface area (Å²) in [7, 11) is 0. The molecule has 0 aliphatic carbocycles. The highest BCUT2D eigenvalue weighted by molar-refractivity contribution is 5.91. The van der Waals surface area contributed by atoms with E-state index in [0.29, 0.717) is 0 Å². The zero-order valence-corrected chi connectivity index (χ0v) is 19.8. The van der Waals surface area contributed by atoms with Gasteiger partial charge >= 0.3 is 5.97 Å². The smallest absolute Gasteiger partial charge is 0.326 e. The van der Waals surface area contributed by atoms with E-state index in [0.717, 1.165) is 5.56 Å². The fraction of sp³-hybridized carbons (Fsp3) is 0.476. The molecule has 0 unspecified atom stereocenters. The van der Waals surface area contributed by atoms with Gasteiger partial charge in [0.25, 0.3) is 0 Å². The number of aliphatic carboxylic acids is 1. The number of nitrogens with two attached hydrogens (primary N) is 1. The molecular formula is C21H32ClN5O7. The van der Waals surface area contributed by atoms with Crippen molar-refractivity contribution in [1.29, 1.82) is 0 Å². The molecule has 0 saturated heterocycles. The minimum atomic E-state index is -1.17. The zero-order chi connectivity index (χ0) is 25.0. The normalized spacial score (nSPS) is 12.0. The lowest BCUT2D eigenvalue weighted by Crippen LogP contribution is -2.49. The first-order valence-electron chi connectivity index (χ1n) is 10.3. The van der Waals surface area contributed by atoms with Gasteiger partial charge in [0.05, 0.1) is 25.7 Å². The van der Waals surface area contributed by atoms with Gasteiger partial charge in [-0.25, -0.2) is 4.79 Å². The predicted molar refractivity (Wildman–Crippen MR) is 125 cm³/mol. The fourth-order valence-electron chi connectivity index (χ4n) is 2.70. The number of hydrogen-bond acceptors (Lipinski definition) is 7. The number of carboxylic acids is 1. The average molecular weight is 502 g/mol. The van der Waals surface area contributed by atoms with Crippen molar-refractivity contribution >= 4 is 42.0 Å². The summed E-state index contributed by atoms with van der Waals surface area (Å²) in [5.41, 5.74) is 6.53. The van der Waals surface area contributed by atoms with Crippen molar-refractivity contribution in [2.24, 2.45) is 11.7 Å². The van der Waals surface area contributed by atoms with E-state index in [1.165, 1.54) is 12.1 Å². The van der Waals surface area contributed by atoms with Crippen LogP contribution in [-0.4, -0.2) is 71.5 Å². The average Bonchev–Trinajstić information content (AvgIpc) is 2.75. The van der Waals surface area contributed by atoms with Crippen LogP contribution in [0, 0.1) is 5.92 Å². The number of benzene rings is 1. The molecule has 1 aromatic carbocycles. The molecule has 0 radical (unpaired) electrons. The first-order valence-corrected chi connectivity index (χ1v) is 10.3. The summed E-state index contributed by atoms with van der Waals surface area (Å²) in [6.45, 7) is 2.36. The Morgan fingerprint density at radius 1 is 0.882 bits per heavy atom. The fourth-order valence-corrected chi connectivity index (χ4v) is 2.70. The molecule has 0 heterocycles. The Morgan fingerprint density at radius 2 is 1.38 bits per heavy atom. The highest BCUT2D eigenvalue weighted by Crippen LogP contribution is 2.10. The third-order valence-electron chi connectivity index (χ3n) is 4.38. The van der Waals surface area contributed by atoms with Crippen LogP contribution in [0.2, 0.25) is 0 Å². The van der Waals surface area contributed by atoms with Crippen molar-refractivity contribution in [1.82, 2.24) is 21.3 Å². The van der Waals surface area contributed by atoms with E-state index in [1.807, 2.05) is 13.8 Å². The Hall–Kier alpha value is -3.38. The third-order valence-corrected chi connectivity index (χ3v) is 4.38. The van der Waals surface area contributed by atoms with Gasteiger partial charge in [0.1, 0.15) is 11.8 Å². The zero-order valence-electron chi connectivity index (χ0n) is 19.0. The number of carbonyl (C=O) groups excluding carboxylic acids is 4. The minimum Gasteiger partial charge on any atom is -0.508 e. The quantitative estimate of drug-likeness (QED) is 0.172. The highest BCUT2D eigenvalue weighted by atomic mass is 35.5. The van der Waals surface area contributed by atoms with Crippen LogP contribution in [0.25, 0.3) is 0 Å². The summed E-state index contributed by atoms with van der Waals surface area (Å²) in [5, 5.41) is 27.6. The SMILES string of the molecule is CC(C)C[C@H](NC(=O)CNC(=O)CNC(=O)CNC(=O)[C@@H](N)Cc1ccc(O)cc1)C(=O)O.Cl. The number of carboxylic acid groups (broad SMARTS) is 1. The van der Waals surface area contributed by atoms with E-state index in [1.54, 1.807) is 12.1 Å². The number of aromatic hydroxyl groups is 1. The number of carbonyl (C=O) groups is 5. The first kappa shape index (κ1) is 30.6. The topological polar surface area (TPSA) is 200 Å². The van der Waals surface area contributed by atoms with E-state index in [9.17, 15) is 29.1 Å². The Balaban J connectivity index is 0.0000109. The molecule has 1 aromatic rings. The lowest BCUT2D eigenvalue weighted by atomic mass is 10.0. The molecule has 12 nitrogen and oxygen atoms in total. The molecule has 13 heteroatoms. The molecule has 0 aromatic heterocycles. The van der Waals surface area contributed by atoms with Crippen LogP contribution in [0.4, 0.5) is 0 Å². The third kappa shape index (κ3) is 12.6. The van der Waals surface area contributed by atoms with Crippen LogP contribution < -0.4 is 27.0 Å². The van der Waals surface area contributed by atoms with Gasteiger partial charge in [-0.05, 0) is 36.5 Å². The van der Waals surface area contributed by atoms with Crippen molar-refractivity contribution in [3.63, 3.8) is 0 Å². The largest absolute Gasteiger partial charge is 0.508 e. The van der Waals surface area contributed by atoms with Gasteiger partial charge in [0, 0.05) is 0 Å². The highest BCUT2D eigenvalue weighted by Gasteiger charge is 2.21. The van der Waals surface area contributed by atoms with Gasteiger partial charge in [0.2, 0.25) is 23.6 Å². The number of phenolic OH excluding ortho intramolecular Hbond substituents is 1. The minimum absolute atomic E-state index is 0. The molecule has 0 fully saturated rings. The molecule has 8 N–H and O–H groups in total. The second-order valence-corrected chi connectivity index (χ2v) is 7.84. The van der Waals surface area contributed by atoms with Crippen molar-refractivity contribution in [3.05, 3.63) is 29.8 Å². The Labute approximate surface area is 203 Å². The second-order valence-electron chi connectivity index (χ2n) is 7.84. The van der Waals surface area contributed by atoms with Crippen molar-refractivity contribution in [2.45, 2.75) is 38.8 Å². The molecule has 0 bridgehead atoms. The number of amides is 4. The molecule has 190 valence electrons. The molecule has 0 aliphatic rings. The molecule has 4 amide bonds. The maximum atomic E-state index is 12.0. The summed E-state index contributed by atoms with van der Waals surface area (Å²) in [5.74, 6) is -3.55. The van der Waals surface area contributed by atoms with Gasteiger partial charge in [-0.2, -0.15) is 0 Å². The number of phenols is 1. The van der Waals surface area contributed by atoms with E-state index >= 15 is 0 Å². The summed E-state index contributed by atoms with van der Waals surface area (Å²) in [4.78, 5) is 58.6. The molecule has 34 heavy (non-hydrogen) atoms. The van der Waals surface area contributed by atoms with Crippen LogP contribution in [0.15, 0.2) is 24.3 Å². The van der Waals surface area contributed by atoms with Crippen LogP contribution in [0.1, 0.15) is 25.8 Å². The number of rotatable bonds is 13. The summed E-state index contributed by atoms with van der Waals surface area (Å²) < 4.78 is 0. The van der Waals surface area contributed by atoms with Gasteiger partial charge in [-0.15, -0.1) is 12.4 Å². The monoisotopic (exact) mass is 501 g/mol. The number of nitrogens with one attached hydrogen (secondary N) is 4. The molecule has 2 atom stereocenters. The van der Waals surface area contributed by atoms with Gasteiger partial charge in [-0.3, -0.25) is 19.2 Å². The van der Waals surface area contributed by atoms with Crippen molar-refractivity contribution in [3.8, 4) is 5.75 Å². The maximum absolute atomic E-state index is 12.0. The Morgan fingerprint density at radius 3 is 1.88 bits per heavy atom. The van der Waals surface area contributed by atoms with E-state index in [2.05, 4.69) is 21.3 Å². The van der Waals surface area contributed by atoms with Gasteiger partial charge < -0.3 is 37.2 Å². The van der Waals surface area contributed by atoms with Gasteiger partial charge in [-0.1, -0.05) is 26.0 Å². The predicted octanol–water partition coefficient (Wildman–Crippen LogP) is -1.35. The lowest BCUT2D eigenvalue weighted by Gasteiger charge is -2.16. The molecule has 0 saturated carbocycles. The Bertz CT molecular complexity index is 848. The summed E-state index contributed by atoms with van der Waals surface area (Å²) in [6, 6.07) is 4.23. The van der Waals surface area contributed by atoms with E-state index in [4.69, 9.17) is 10.8 Å². The van der Waals surface area contributed by atoms with Crippen LogP contribution in [-0.2, 0) is 30.4 Å². The van der Waals surface area contributed by atoms with Crippen LogP contribution >= 0.6 is 12.4 Å². The van der Waals surface area contributed by atoms with Crippen molar-refractivity contribution < 1.29 is 34.2 Å². The molecule has 1 rings (SSSR count). The van der Waals surface area contributed by atoms with Crippen molar-refractivity contribution in [2.75, 3.05) is 19.6 Å². The second kappa shape index (κ2) is 15.5. The van der Waals surface area contributed by atoms with E-state index in [-0.39, 0.29) is 36.9 Å². The number of hydrogen-bond donors (Lipinski definition) is 7. The standard InChI is InChI=1S/C21H31N5O7.ClH/c1-12(2)7-16(21(32)33)26-19(30)11-24-17(28)9-23-18(29)10-25-20(31)15(22)8-13-3-5-14(27)6-4-13;/h3-6,12,15-16,27H,7-11,22H2,1-2H3,(H,23,29)(H,24,28)(H,25,31)(H,26,30)(H,32,33);1H/t15-,16-;/m0./s1. The van der Waals surface area contributed by atoms with E-state index < -0.39 is 61.3 Å². The maximum Gasteiger partial charge on any atom is 0.326 e. The molecule has 0 spiro atoms. The first-order chi connectivity index (χ1) is 15.5. The Kier molecular flexibility index (Phi) is 13.9.